The number of benzene rings is 1. The molecule has 1 aliphatic heterocycles. The molecule has 2 fully saturated rings. The van der Waals surface area contributed by atoms with Crippen LogP contribution in [0, 0.1) is 29.4 Å². The van der Waals surface area contributed by atoms with E-state index in [1.807, 2.05) is 0 Å². The molecule has 0 aromatic heterocycles. The van der Waals surface area contributed by atoms with Crippen molar-refractivity contribution >= 4 is 0 Å². The molecule has 1 aromatic rings. The first kappa shape index (κ1) is 25.3. The van der Waals surface area contributed by atoms with Crippen molar-refractivity contribution in [2.45, 2.75) is 83.7 Å². The molecule has 1 saturated heterocycles. The molecule has 34 heavy (non-hydrogen) atoms. The van der Waals surface area contributed by atoms with Crippen LogP contribution in [0.5, 0.6) is 0 Å². The molecule has 0 amide bonds. The van der Waals surface area contributed by atoms with E-state index in [0.717, 1.165) is 12.3 Å². The SMILES string of the molecule is CCCC1CCC(C2CCC(c3ccc(C4CC=C(OCC)C(F)=C4F)c(F)c3F)OC2)CC1. The number of rotatable bonds is 7. The van der Waals surface area contributed by atoms with Gasteiger partial charge < -0.3 is 9.47 Å². The topological polar surface area (TPSA) is 18.5 Å². The summed E-state index contributed by atoms with van der Waals surface area (Å²) in [6.45, 7) is 4.66. The third-order valence-electron chi connectivity index (χ3n) is 8.00. The van der Waals surface area contributed by atoms with Crippen molar-refractivity contribution in [1.82, 2.24) is 0 Å². The Labute approximate surface area is 200 Å². The summed E-state index contributed by atoms with van der Waals surface area (Å²) in [5.74, 6) is -3.81. The maximum absolute atomic E-state index is 15.1. The van der Waals surface area contributed by atoms with Gasteiger partial charge in [-0.3, -0.25) is 0 Å². The van der Waals surface area contributed by atoms with Crippen LogP contribution in [0.2, 0.25) is 0 Å². The Kier molecular flexibility index (Phi) is 8.39. The van der Waals surface area contributed by atoms with Crippen LogP contribution >= 0.6 is 0 Å². The van der Waals surface area contributed by atoms with E-state index in [1.54, 1.807) is 6.92 Å². The Hall–Kier alpha value is -1.82. The van der Waals surface area contributed by atoms with Crippen LogP contribution in [0.1, 0.15) is 94.8 Å². The third-order valence-corrected chi connectivity index (χ3v) is 8.00. The van der Waals surface area contributed by atoms with Gasteiger partial charge in [-0.2, -0.15) is 4.39 Å². The number of allylic oxidation sites excluding steroid dienone is 3. The Bertz CT molecular complexity index is 909. The molecule has 0 bridgehead atoms. The van der Waals surface area contributed by atoms with Crippen LogP contribution in [0.3, 0.4) is 0 Å². The fourth-order valence-electron chi connectivity index (χ4n) is 6.07. The van der Waals surface area contributed by atoms with Gasteiger partial charge in [0.15, 0.2) is 23.2 Å². The van der Waals surface area contributed by atoms with E-state index < -0.39 is 35.3 Å². The molecule has 188 valence electrons. The van der Waals surface area contributed by atoms with Gasteiger partial charge in [0.25, 0.3) is 0 Å². The van der Waals surface area contributed by atoms with Gasteiger partial charge >= 0.3 is 0 Å². The standard InChI is InChI=1S/C28H36F4O2/c1-3-5-17-6-8-18(9-7-17)19-10-14-23(34-16-19)22-12-11-20(25(29)27(22)31)21-13-15-24(33-4-2)28(32)26(21)30/h11-12,15,17-19,21,23H,3-10,13-14,16H2,1-2H3. The monoisotopic (exact) mass is 480 g/mol. The van der Waals surface area contributed by atoms with Gasteiger partial charge in [-0.05, 0) is 62.9 Å². The highest BCUT2D eigenvalue weighted by Crippen LogP contribution is 2.44. The second kappa shape index (κ2) is 11.3. The third kappa shape index (κ3) is 5.22. The zero-order valence-corrected chi connectivity index (χ0v) is 20.2. The van der Waals surface area contributed by atoms with Crippen LogP contribution in [0.25, 0.3) is 0 Å². The maximum atomic E-state index is 15.1. The Morgan fingerprint density at radius 1 is 0.882 bits per heavy atom. The van der Waals surface area contributed by atoms with Crippen molar-refractivity contribution < 1.29 is 27.0 Å². The molecule has 0 spiro atoms. The summed E-state index contributed by atoms with van der Waals surface area (Å²) >= 11 is 0. The van der Waals surface area contributed by atoms with Crippen LogP contribution in [-0.4, -0.2) is 13.2 Å². The van der Waals surface area contributed by atoms with Gasteiger partial charge in [-0.1, -0.05) is 44.7 Å². The minimum atomic E-state index is -1.20. The van der Waals surface area contributed by atoms with Gasteiger partial charge in [0.1, 0.15) is 5.83 Å². The van der Waals surface area contributed by atoms with Crippen molar-refractivity contribution in [2.24, 2.45) is 17.8 Å². The molecular weight excluding hydrogens is 444 g/mol. The van der Waals surface area contributed by atoms with E-state index >= 15 is 8.78 Å². The molecule has 1 heterocycles. The van der Waals surface area contributed by atoms with Crippen molar-refractivity contribution in [3.63, 3.8) is 0 Å². The molecule has 1 aromatic carbocycles. The second-order valence-electron chi connectivity index (χ2n) is 10.1. The van der Waals surface area contributed by atoms with Crippen molar-refractivity contribution in [1.29, 1.82) is 0 Å². The fraction of sp³-hybridized carbons (Fsp3) is 0.643. The van der Waals surface area contributed by atoms with Crippen molar-refractivity contribution in [3.8, 4) is 0 Å². The molecule has 2 aliphatic carbocycles. The number of hydrogen-bond acceptors (Lipinski definition) is 2. The minimum absolute atomic E-state index is 0.00635. The lowest BCUT2D eigenvalue weighted by Gasteiger charge is -2.38. The first-order valence-electron chi connectivity index (χ1n) is 12.9. The van der Waals surface area contributed by atoms with Crippen molar-refractivity contribution in [3.05, 3.63) is 58.4 Å². The lowest BCUT2D eigenvalue weighted by atomic mass is 9.72. The number of ether oxygens (including phenoxy) is 2. The molecule has 1 saturated carbocycles. The highest BCUT2D eigenvalue weighted by atomic mass is 19.2. The summed E-state index contributed by atoms with van der Waals surface area (Å²) in [7, 11) is 0. The van der Waals surface area contributed by atoms with Gasteiger partial charge in [0.2, 0.25) is 0 Å². The van der Waals surface area contributed by atoms with E-state index in [1.165, 1.54) is 56.7 Å². The highest BCUT2D eigenvalue weighted by molar-refractivity contribution is 5.40. The van der Waals surface area contributed by atoms with E-state index in [0.29, 0.717) is 24.9 Å². The second-order valence-corrected chi connectivity index (χ2v) is 10.1. The van der Waals surface area contributed by atoms with Crippen LogP contribution in [0.15, 0.2) is 35.6 Å². The van der Waals surface area contributed by atoms with E-state index in [2.05, 4.69) is 6.92 Å². The summed E-state index contributed by atoms with van der Waals surface area (Å²) in [4.78, 5) is 0. The summed E-state index contributed by atoms with van der Waals surface area (Å²) in [6.07, 6.45) is 10.1. The quantitative estimate of drug-likeness (QED) is 0.364. The van der Waals surface area contributed by atoms with Gasteiger partial charge in [0.05, 0.1) is 19.3 Å². The van der Waals surface area contributed by atoms with Crippen molar-refractivity contribution in [2.75, 3.05) is 13.2 Å². The average molecular weight is 481 g/mol. The Morgan fingerprint density at radius 3 is 2.21 bits per heavy atom. The number of hydrogen-bond donors (Lipinski definition) is 0. The minimum Gasteiger partial charge on any atom is -0.491 e. The predicted octanol–water partition coefficient (Wildman–Crippen LogP) is 8.60. The Morgan fingerprint density at radius 2 is 1.56 bits per heavy atom. The molecule has 0 N–H and O–H groups in total. The molecule has 4 rings (SSSR count). The predicted molar refractivity (Wildman–Crippen MR) is 124 cm³/mol. The summed E-state index contributed by atoms with van der Waals surface area (Å²) in [5, 5.41) is 0. The highest BCUT2D eigenvalue weighted by Gasteiger charge is 2.35. The average Bonchev–Trinajstić information content (AvgIpc) is 2.85. The van der Waals surface area contributed by atoms with Crippen LogP contribution in [0.4, 0.5) is 17.6 Å². The van der Waals surface area contributed by atoms with Crippen LogP contribution < -0.4 is 0 Å². The van der Waals surface area contributed by atoms with E-state index in [4.69, 9.17) is 9.47 Å². The zero-order valence-electron chi connectivity index (χ0n) is 20.2. The fourth-order valence-corrected chi connectivity index (χ4v) is 6.07. The zero-order chi connectivity index (χ0) is 24.2. The van der Waals surface area contributed by atoms with E-state index in [-0.39, 0.29) is 29.9 Å². The van der Waals surface area contributed by atoms with Crippen LogP contribution in [-0.2, 0) is 9.47 Å². The molecule has 3 aliphatic rings. The maximum Gasteiger partial charge on any atom is 0.196 e. The lowest BCUT2D eigenvalue weighted by Crippen LogP contribution is -2.30. The molecule has 6 heteroatoms. The summed E-state index contributed by atoms with van der Waals surface area (Å²) in [5.41, 5.74) is -0.0178. The summed E-state index contributed by atoms with van der Waals surface area (Å²) < 4.78 is 70.1. The summed E-state index contributed by atoms with van der Waals surface area (Å²) in [6, 6.07) is 2.84. The molecule has 3 atom stereocenters. The smallest absolute Gasteiger partial charge is 0.196 e. The largest absolute Gasteiger partial charge is 0.491 e. The first-order chi connectivity index (χ1) is 16.4. The molecule has 0 radical (unpaired) electrons. The number of halogens is 4. The molecular formula is C28H36F4O2. The first-order valence-corrected chi connectivity index (χ1v) is 12.9. The Balaban J connectivity index is 1.40. The van der Waals surface area contributed by atoms with Gasteiger partial charge in [0, 0.05) is 17.0 Å². The normalized spacial score (nSPS) is 30.3. The molecule has 2 nitrogen and oxygen atoms in total. The van der Waals surface area contributed by atoms with Gasteiger partial charge in [-0.15, -0.1) is 0 Å². The lowest BCUT2D eigenvalue weighted by molar-refractivity contribution is -0.0421. The molecule has 3 unspecified atom stereocenters. The van der Waals surface area contributed by atoms with E-state index in [9.17, 15) is 8.78 Å². The van der Waals surface area contributed by atoms with Gasteiger partial charge in [-0.25, -0.2) is 13.2 Å².